The fraction of sp³-hybridized carbons (Fsp3) is 0.409. The number of ether oxygens (including phenoxy) is 1. The van der Waals surface area contributed by atoms with Crippen molar-refractivity contribution in [3.63, 3.8) is 0 Å². The lowest BCUT2D eigenvalue weighted by atomic mass is 10.0. The molecule has 1 aromatic heterocycles. The first-order valence-electron chi connectivity index (χ1n) is 10.1. The van der Waals surface area contributed by atoms with Gasteiger partial charge >= 0.3 is 0 Å². The van der Waals surface area contributed by atoms with Gasteiger partial charge in [0.05, 0.1) is 12.1 Å². The molecule has 0 saturated carbocycles. The first kappa shape index (κ1) is 19.2. The van der Waals surface area contributed by atoms with Crippen LogP contribution in [0.5, 0.6) is 5.75 Å². The van der Waals surface area contributed by atoms with E-state index in [1.807, 2.05) is 24.3 Å². The van der Waals surface area contributed by atoms with Crippen molar-refractivity contribution in [2.75, 3.05) is 37.7 Å². The van der Waals surface area contributed by atoms with Crippen molar-refractivity contribution in [1.82, 2.24) is 15.2 Å². The molecule has 29 heavy (non-hydrogen) atoms. The number of carbonyl (C=O) groups is 1. The number of hydrogen-bond donors (Lipinski definition) is 1. The van der Waals surface area contributed by atoms with Gasteiger partial charge < -0.3 is 15.0 Å². The molecule has 0 unspecified atom stereocenters. The third kappa shape index (κ3) is 4.66. The lowest BCUT2D eigenvalue weighted by Gasteiger charge is -2.33. The van der Waals surface area contributed by atoms with E-state index < -0.39 is 0 Å². The zero-order chi connectivity index (χ0) is 20.1. The van der Waals surface area contributed by atoms with Crippen molar-refractivity contribution in [1.29, 1.82) is 5.26 Å². The van der Waals surface area contributed by atoms with Crippen molar-refractivity contribution < 1.29 is 9.53 Å². The van der Waals surface area contributed by atoms with Gasteiger partial charge in [-0.25, -0.2) is 4.98 Å². The number of amides is 1. The van der Waals surface area contributed by atoms with E-state index in [4.69, 9.17) is 4.74 Å². The highest BCUT2D eigenvalue weighted by molar-refractivity contribution is 5.78. The summed E-state index contributed by atoms with van der Waals surface area (Å²) in [6.07, 6.45) is 3.41. The third-order valence-corrected chi connectivity index (χ3v) is 5.47. The maximum absolute atomic E-state index is 12.6. The Balaban J connectivity index is 1.28. The Labute approximate surface area is 170 Å². The zero-order valence-electron chi connectivity index (χ0n) is 16.4. The van der Waals surface area contributed by atoms with Gasteiger partial charge in [-0.15, -0.1) is 0 Å². The van der Waals surface area contributed by atoms with Gasteiger partial charge in [-0.05, 0) is 31.0 Å². The summed E-state index contributed by atoms with van der Waals surface area (Å²) in [5.41, 5.74) is 1.72. The van der Waals surface area contributed by atoms with Crippen LogP contribution in [0.3, 0.4) is 0 Å². The quantitative estimate of drug-likeness (QED) is 0.858. The summed E-state index contributed by atoms with van der Waals surface area (Å²) in [6.45, 7) is 3.98. The predicted molar refractivity (Wildman–Crippen MR) is 110 cm³/mol. The van der Waals surface area contributed by atoms with Crippen LogP contribution in [0.4, 0.5) is 5.82 Å². The van der Waals surface area contributed by atoms with Gasteiger partial charge in [-0.1, -0.05) is 18.2 Å². The molecule has 7 nitrogen and oxygen atoms in total. The Bertz CT molecular complexity index is 902. The summed E-state index contributed by atoms with van der Waals surface area (Å²) in [4.78, 5) is 21.2. The molecule has 0 bridgehead atoms. The number of anilines is 1. The molecule has 1 fully saturated rings. The second-order valence-electron chi connectivity index (χ2n) is 7.48. The first-order valence-corrected chi connectivity index (χ1v) is 10.1. The van der Waals surface area contributed by atoms with E-state index in [2.05, 4.69) is 26.2 Å². The lowest BCUT2D eigenvalue weighted by molar-refractivity contribution is -0.123. The van der Waals surface area contributed by atoms with Gasteiger partial charge in [-0.3, -0.25) is 9.69 Å². The lowest BCUT2D eigenvalue weighted by Crippen LogP contribution is -2.48. The maximum Gasteiger partial charge on any atom is 0.234 e. The van der Waals surface area contributed by atoms with E-state index in [1.165, 1.54) is 0 Å². The molecule has 1 amide bonds. The van der Waals surface area contributed by atoms with Crippen molar-refractivity contribution in [2.24, 2.45) is 0 Å². The van der Waals surface area contributed by atoms with Crippen LogP contribution in [0, 0.1) is 11.3 Å². The van der Waals surface area contributed by atoms with Gasteiger partial charge in [0.15, 0.2) is 0 Å². The number of aromatic nitrogens is 1. The monoisotopic (exact) mass is 391 g/mol. The average molecular weight is 391 g/mol. The Kier molecular flexibility index (Phi) is 5.92. The molecule has 150 valence electrons. The van der Waals surface area contributed by atoms with Crippen LogP contribution < -0.4 is 15.0 Å². The van der Waals surface area contributed by atoms with Gasteiger partial charge in [0, 0.05) is 44.0 Å². The summed E-state index contributed by atoms with van der Waals surface area (Å²) in [5.74, 6) is 1.70. The van der Waals surface area contributed by atoms with Gasteiger partial charge in [0.1, 0.15) is 24.2 Å². The normalized spacial score (nSPS) is 17.6. The summed E-state index contributed by atoms with van der Waals surface area (Å²) in [7, 11) is 0. The molecule has 0 radical (unpaired) electrons. The number of nitriles is 1. The smallest absolute Gasteiger partial charge is 0.234 e. The zero-order valence-corrected chi connectivity index (χ0v) is 16.4. The Morgan fingerprint density at radius 2 is 2.03 bits per heavy atom. The molecule has 2 aliphatic heterocycles. The number of nitrogens with one attached hydrogen (secondary N) is 1. The summed E-state index contributed by atoms with van der Waals surface area (Å²) >= 11 is 0. The van der Waals surface area contributed by atoms with E-state index in [1.54, 1.807) is 18.3 Å². The van der Waals surface area contributed by atoms with Crippen LogP contribution in [0.15, 0.2) is 42.6 Å². The van der Waals surface area contributed by atoms with E-state index >= 15 is 0 Å². The van der Waals surface area contributed by atoms with Crippen molar-refractivity contribution in [3.8, 4) is 11.8 Å². The van der Waals surface area contributed by atoms with Gasteiger partial charge in [0.2, 0.25) is 5.91 Å². The van der Waals surface area contributed by atoms with E-state index in [-0.39, 0.29) is 11.9 Å². The van der Waals surface area contributed by atoms with Crippen molar-refractivity contribution >= 4 is 11.7 Å². The van der Waals surface area contributed by atoms with Crippen molar-refractivity contribution in [2.45, 2.75) is 25.4 Å². The minimum Gasteiger partial charge on any atom is -0.492 e. The standard InChI is InChI=1S/C22H25N5O2/c23-14-17-5-3-9-24-22(17)27-10-7-19(8-11-27)25-21(28)16-26-12-13-29-20-6-2-1-4-18(20)15-26/h1-6,9,19H,7-8,10-13,15-16H2,(H,25,28). The van der Waals surface area contributed by atoms with Crippen LogP contribution in [0.25, 0.3) is 0 Å². The van der Waals surface area contributed by atoms with Crippen LogP contribution in [-0.2, 0) is 11.3 Å². The molecule has 1 aromatic carbocycles. The fourth-order valence-corrected chi connectivity index (χ4v) is 3.96. The van der Waals surface area contributed by atoms with Gasteiger partial charge in [-0.2, -0.15) is 5.26 Å². The summed E-state index contributed by atoms with van der Waals surface area (Å²) in [6, 6.07) is 13.9. The highest BCUT2D eigenvalue weighted by Gasteiger charge is 2.24. The molecule has 7 heteroatoms. The third-order valence-electron chi connectivity index (χ3n) is 5.47. The molecule has 1 N–H and O–H groups in total. The average Bonchev–Trinajstić information content (AvgIpc) is 2.96. The molecular formula is C22H25N5O2. The molecular weight excluding hydrogens is 366 g/mol. The maximum atomic E-state index is 12.6. The van der Waals surface area contributed by atoms with Crippen LogP contribution in [-0.4, -0.2) is 54.6 Å². The Morgan fingerprint density at radius 3 is 2.86 bits per heavy atom. The molecule has 4 rings (SSSR count). The highest BCUT2D eigenvalue weighted by atomic mass is 16.5. The number of rotatable bonds is 4. The predicted octanol–water partition coefficient (Wildman–Crippen LogP) is 1.93. The van der Waals surface area contributed by atoms with Crippen LogP contribution >= 0.6 is 0 Å². The number of nitrogens with zero attached hydrogens (tertiary/aromatic N) is 4. The summed E-state index contributed by atoms with van der Waals surface area (Å²) in [5, 5.41) is 12.4. The minimum absolute atomic E-state index is 0.0541. The van der Waals surface area contributed by atoms with Gasteiger partial charge in [0.25, 0.3) is 0 Å². The molecule has 3 heterocycles. The molecule has 0 atom stereocenters. The number of fused-ring (bicyclic) bond motifs is 1. The Morgan fingerprint density at radius 1 is 1.21 bits per heavy atom. The first-order chi connectivity index (χ1) is 14.2. The number of piperidine rings is 1. The highest BCUT2D eigenvalue weighted by Crippen LogP contribution is 2.23. The summed E-state index contributed by atoms with van der Waals surface area (Å²) < 4.78 is 5.78. The van der Waals surface area contributed by atoms with Crippen LogP contribution in [0.2, 0.25) is 0 Å². The van der Waals surface area contributed by atoms with E-state index in [0.29, 0.717) is 18.7 Å². The SMILES string of the molecule is N#Cc1cccnc1N1CCC(NC(=O)CN2CCOc3ccccc3C2)CC1. The number of hydrogen-bond acceptors (Lipinski definition) is 6. The Hall–Kier alpha value is -3.11. The van der Waals surface area contributed by atoms with E-state index in [9.17, 15) is 10.1 Å². The number of benzene rings is 1. The topological polar surface area (TPSA) is 81.5 Å². The van der Waals surface area contributed by atoms with E-state index in [0.717, 1.165) is 56.2 Å². The number of pyridine rings is 1. The molecule has 2 aliphatic rings. The molecule has 1 saturated heterocycles. The molecule has 2 aromatic rings. The minimum atomic E-state index is 0.0541. The number of para-hydroxylation sites is 1. The largest absolute Gasteiger partial charge is 0.492 e. The molecule has 0 aliphatic carbocycles. The second-order valence-corrected chi connectivity index (χ2v) is 7.48. The molecule has 0 spiro atoms. The van der Waals surface area contributed by atoms with Crippen molar-refractivity contribution in [3.05, 3.63) is 53.7 Å². The van der Waals surface area contributed by atoms with Crippen LogP contribution in [0.1, 0.15) is 24.0 Å². The fourth-order valence-electron chi connectivity index (χ4n) is 3.96. The second kappa shape index (κ2) is 8.93. The number of carbonyl (C=O) groups excluding carboxylic acids is 1.